The Bertz CT molecular complexity index is 383. The van der Waals surface area contributed by atoms with E-state index in [-0.39, 0.29) is 5.69 Å². The Hall–Kier alpha value is -1.92. The SMILES string of the molecule is O=c1[nH]nnn1-c1cn[nH]c1. The highest BCUT2D eigenvalue weighted by Gasteiger charge is 2.01. The molecule has 0 aliphatic rings. The Balaban J connectivity index is 2.62. The van der Waals surface area contributed by atoms with E-state index < -0.39 is 0 Å². The van der Waals surface area contributed by atoms with E-state index in [1.807, 2.05) is 0 Å². The maximum atomic E-state index is 10.9. The summed E-state index contributed by atoms with van der Waals surface area (Å²) in [6.07, 6.45) is 3.02. The first-order valence-corrected chi connectivity index (χ1v) is 2.87. The number of aromatic amines is 2. The average molecular weight is 152 g/mol. The normalized spacial score (nSPS) is 10.2. The summed E-state index contributed by atoms with van der Waals surface area (Å²) in [4.78, 5) is 10.9. The summed E-state index contributed by atoms with van der Waals surface area (Å²) in [5.41, 5.74) is 0.176. The zero-order valence-corrected chi connectivity index (χ0v) is 5.35. The predicted octanol–water partition coefficient (Wildman–Crippen LogP) is -1.32. The number of H-pyrrole nitrogens is 2. The number of rotatable bonds is 1. The molecule has 0 radical (unpaired) electrons. The molecule has 0 aromatic carbocycles. The highest BCUT2D eigenvalue weighted by molar-refractivity contribution is 5.20. The van der Waals surface area contributed by atoms with Gasteiger partial charge in [-0.05, 0) is 10.4 Å². The molecule has 0 atom stereocenters. The molecule has 0 unspecified atom stereocenters. The van der Waals surface area contributed by atoms with Gasteiger partial charge in [0.25, 0.3) is 0 Å². The fourth-order valence-corrected chi connectivity index (χ4v) is 0.727. The number of aromatic nitrogens is 6. The molecule has 2 rings (SSSR count). The van der Waals surface area contributed by atoms with E-state index in [1.165, 1.54) is 6.20 Å². The monoisotopic (exact) mass is 152 g/mol. The topological polar surface area (TPSA) is 92.2 Å². The summed E-state index contributed by atoms with van der Waals surface area (Å²) >= 11 is 0. The van der Waals surface area contributed by atoms with Gasteiger partial charge in [-0.3, -0.25) is 5.10 Å². The lowest BCUT2D eigenvalue weighted by Gasteiger charge is -1.86. The summed E-state index contributed by atoms with van der Waals surface area (Å²) in [5, 5.41) is 15.2. The van der Waals surface area contributed by atoms with Crippen LogP contribution in [0, 0.1) is 0 Å². The van der Waals surface area contributed by atoms with Crippen molar-refractivity contribution in [1.82, 2.24) is 30.4 Å². The lowest BCUT2D eigenvalue weighted by molar-refractivity contribution is 0.780. The van der Waals surface area contributed by atoms with Gasteiger partial charge >= 0.3 is 5.69 Å². The third-order valence-corrected chi connectivity index (χ3v) is 1.20. The van der Waals surface area contributed by atoms with Gasteiger partial charge in [0.15, 0.2) is 0 Å². The maximum Gasteiger partial charge on any atom is 0.365 e. The molecule has 0 fully saturated rings. The molecule has 0 bridgehead atoms. The molecule has 0 aliphatic heterocycles. The van der Waals surface area contributed by atoms with Crippen LogP contribution in [0.15, 0.2) is 17.2 Å². The fraction of sp³-hybridized carbons (Fsp3) is 0. The summed E-state index contributed by atoms with van der Waals surface area (Å²) in [7, 11) is 0. The zero-order valence-electron chi connectivity index (χ0n) is 5.35. The van der Waals surface area contributed by atoms with Gasteiger partial charge < -0.3 is 0 Å². The highest BCUT2D eigenvalue weighted by Crippen LogP contribution is 1.94. The molecular formula is C4H4N6O. The molecule has 2 N–H and O–H groups in total. The smallest absolute Gasteiger partial charge is 0.283 e. The number of hydrogen-bond donors (Lipinski definition) is 2. The van der Waals surface area contributed by atoms with Crippen molar-refractivity contribution in [1.29, 1.82) is 0 Å². The van der Waals surface area contributed by atoms with Crippen LogP contribution in [-0.4, -0.2) is 30.4 Å². The Morgan fingerprint density at radius 1 is 1.55 bits per heavy atom. The van der Waals surface area contributed by atoms with E-state index >= 15 is 0 Å². The Kier molecular flexibility index (Phi) is 1.08. The van der Waals surface area contributed by atoms with Crippen LogP contribution in [0.25, 0.3) is 5.69 Å². The molecule has 0 aliphatic carbocycles. The van der Waals surface area contributed by atoms with Crippen molar-refractivity contribution in [3.63, 3.8) is 0 Å². The molecular weight excluding hydrogens is 148 g/mol. The zero-order chi connectivity index (χ0) is 7.68. The summed E-state index contributed by atoms with van der Waals surface area (Å²) < 4.78 is 1.10. The molecule has 56 valence electrons. The third-order valence-electron chi connectivity index (χ3n) is 1.20. The molecule has 7 nitrogen and oxygen atoms in total. The van der Waals surface area contributed by atoms with E-state index in [2.05, 4.69) is 25.7 Å². The van der Waals surface area contributed by atoms with E-state index in [9.17, 15) is 4.79 Å². The highest BCUT2D eigenvalue weighted by atomic mass is 16.2. The first-order valence-electron chi connectivity index (χ1n) is 2.87. The second-order valence-corrected chi connectivity index (χ2v) is 1.87. The maximum absolute atomic E-state index is 10.9. The molecule has 7 heteroatoms. The van der Waals surface area contributed by atoms with Crippen molar-refractivity contribution < 1.29 is 0 Å². The Labute approximate surface area is 60.0 Å². The summed E-state index contributed by atoms with van der Waals surface area (Å²) in [6, 6.07) is 0. The van der Waals surface area contributed by atoms with Gasteiger partial charge in [0.1, 0.15) is 5.69 Å². The molecule has 2 aromatic rings. The molecule has 0 saturated heterocycles. The second-order valence-electron chi connectivity index (χ2n) is 1.87. The van der Waals surface area contributed by atoms with Gasteiger partial charge in [0, 0.05) is 6.20 Å². The molecule has 11 heavy (non-hydrogen) atoms. The van der Waals surface area contributed by atoms with Gasteiger partial charge in [-0.1, -0.05) is 0 Å². The van der Waals surface area contributed by atoms with Gasteiger partial charge in [-0.15, -0.1) is 0 Å². The van der Waals surface area contributed by atoms with Crippen LogP contribution in [0.3, 0.4) is 0 Å². The van der Waals surface area contributed by atoms with E-state index in [1.54, 1.807) is 6.20 Å². The van der Waals surface area contributed by atoms with E-state index in [0.29, 0.717) is 5.69 Å². The standard InChI is InChI=1S/C4H4N6O/c11-4-7-8-9-10(4)3-1-5-6-2-3/h1-2H,(H,5,6)(H,7,9,11). The number of hydrogen-bond acceptors (Lipinski definition) is 4. The number of tetrazole rings is 1. The quantitative estimate of drug-likeness (QED) is 0.530. The van der Waals surface area contributed by atoms with Gasteiger partial charge in [0.2, 0.25) is 0 Å². The minimum absolute atomic E-state index is 0.383. The van der Waals surface area contributed by atoms with Crippen LogP contribution in [-0.2, 0) is 0 Å². The van der Waals surface area contributed by atoms with Crippen LogP contribution in [0.2, 0.25) is 0 Å². The lowest BCUT2D eigenvalue weighted by Crippen LogP contribution is -2.15. The minimum atomic E-state index is -0.383. The first-order chi connectivity index (χ1) is 5.38. The minimum Gasteiger partial charge on any atom is -0.283 e. The van der Waals surface area contributed by atoms with Crippen LogP contribution in [0.5, 0.6) is 0 Å². The van der Waals surface area contributed by atoms with Crippen molar-refractivity contribution in [3.8, 4) is 5.69 Å². The van der Waals surface area contributed by atoms with Crippen molar-refractivity contribution in [3.05, 3.63) is 22.9 Å². The lowest BCUT2D eigenvalue weighted by atomic mass is 10.6. The van der Waals surface area contributed by atoms with E-state index in [4.69, 9.17) is 0 Å². The van der Waals surface area contributed by atoms with Gasteiger partial charge in [-0.2, -0.15) is 9.78 Å². The summed E-state index contributed by atoms with van der Waals surface area (Å²) in [6.45, 7) is 0. The van der Waals surface area contributed by atoms with Crippen molar-refractivity contribution >= 4 is 0 Å². The summed E-state index contributed by atoms with van der Waals surface area (Å²) in [5.74, 6) is 0. The third kappa shape index (κ3) is 0.820. The predicted molar refractivity (Wildman–Crippen MR) is 34.1 cm³/mol. The van der Waals surface area contributed by atoms with Crippen LogP contribution < -0.4 is 5.69 Å². The number of nitrogens with one attached hydrogen (secondary N) is 2. The van der Waals surface area contributed by atoms with Crippen LogP contribution in [0.1, 0.15) is 0 Å². The molecule has 2 aromatic heterocycles. The van der Waals surface area contributed by atoms with Crippen molar-refractivity contribution in [2.24, 2.45) is 0 Å². The largest absolute Gasteiger partial charge is 0.365 e. The molecule has 0 amide bonds. The molecule has 2 heterocycles. The van der Waals surface area contributed by atoms with Gasteiger partial charge in [-0.25, -0.2) is 9.89 Å². The first kappa shape index (κ1) is 5.83. The van der Waals surface area contributed by atoms with Crippen LogP contribution >= 0.6 is 0 Å². The Morgan fingerprint density at radius 2 is 2.45 bits per heavy atom. The van der Waals surface area contributed by atoms with Crippen molar-refractivity contribution in [2.75, 3.05) is 0 Å². The molecule has 0 spiro atoms. The fourth-order valence-electron chi connectivity index (χ4n) is 0.727. The Morgan fingerprint density at radius 3 is 3.00 bits per heavy atom. The molecule has 0 saturated carbocycles. The van der Waals surface area contributed by atoms with Gasteiger partial charge in [0.05, 0.1) is 6.20 Å². The number of nitrogens with zero attached hydrogens (tertiary/aromatic N) is 4. The average Bonchev–Trinajstić information content (AvgIpc) is 2.55. The van der Waals surface area contributed by atoms with Crippen LogP contribution in [0.4, 0.5) is 0 Å². The van der Waals surface area contributed by atoms with E-state index in [0.717, 1.165) is 4.68 Å². The second kappa shape index (κ2) is 2.04. The van der Waals surface area contributed by atoms with Crippen molar-refractivity contribution in [2.45, 2.75) is 0 Å².